The van der Waals surface area contributed by atoms with Crippen LogP contribution >= 0.6 is 23.4 Å². The third-order valence-corrected chi connectivity index (χ3v) is 5.05. The summed E-state index contributed by atoms with van der Waals surface area (Å²) in [6, 6.07) is 11.4. The van der Waals surface area contributed by atoms with Gasteiger partial charge in [0.2, 0.25) is 11.1 Å². The lowest BCUT2D eigenvalue weighted by Crippen LogP contribution is -2.15. The lowest BCUT2D eigenvalue weighted by Gasteiger charge is -2.11. The van der Waals surface area contributed by atoms with E-state index >= 15 is 0 Å². The average Bonchev–Trinajstić information content (AvgIpc) is 3.04. The third kappa shape index (κ3) is 4.05. The molecule has 26 heavy (non-hydrogen) atoms. The number of benzene rings is 2. The van der Waals surface area contributed by atoms with E-state index in [0.717, 1.165) is 22.4 Å². The molecule has 0 radical (unpaired) electrons. The van der Waals surface area contributed by atoms with E-state index in [0.29, 0.717) is 15.9 Å². The van der Waals surface area contributed by atoms with Gasteiger partial charge in [0.25, 0.3) is 0 Å². The highest BCUT2D eigenvalue weighted by Crippen LogP contribution is 2.24. The number of halogens is 1. The van der Waals surface area contributed by atoms with Crippen molar-refractivity contribution in [2.45, 2.75) is 25.9 Å². The molecule has 0 unspecified atom stereocenters. The summed E-state index contributed by atoms with van der Waals surface area (Å²) < 4.78 is 1.67. The Kier molecular flexibility index (Phi) is 5.58. The summed E-state index contributed by atoms with van der Waals surface area (Å²) in [6.07, 6.45) is 0. The molecular weight excluding hydrogens is 370 g/mol. The number of nitrogens with zero attached hydrogens (tertiary/aromatic N) is 4. The maximum absolute atomic E-state index is 12.3. The van der Waals surface area contributed by atoms with Crippen molar-refractivity contribution in [2.24, 2.45) is 0 Å². The summed E-state index contributed by atoms with van der Waals surface area (Å²) in [5, 5.41) is 15.9. The minimum atomic E-state index is -0.142. The molecule has 1 aromatic heterocycles. The lowest BCUT2D eigenvalue weighted by molar-refractivity contribution is -0.113. The van der Waals surface area contributed by atoms with Gasteiger partial charge in [-0.2, -0.15) is 4.68 Å². The maximum atomic E-state index is 12.3. The number of thioether (sulfide) groups is 1. The van der Waals surface area contributed by atoms with Crippen molar-refractivity contribution in [1.29, 1.82) is 0 Å². The summed E-state index contributed by atoms with van der Waals surface area (Å²) >= 11 is 7.28. The number of rotatable bonds is 5. The van der Waals surface area contributed by atoms with E-state index in [1.807, 2.05) is 45.0 Å². The minimum Gasteiger partial charge on any atom is -0.325 e. The van der Waals surface area contributed by atoms with Crippen molar-refractivity contribution in [2.75, 3.05) is 11.1 Å². The first kappa shape index (κ1) is 18.4. The van der Waals surface area contributed by atoms with E-state index in [2.05, 4.69) is 20.8 Å². The molecule has 0 saturated carbocycles. The predicted octanol–water partition coefficient (Wildman–Crippen LogP) is 3.97. The number of amides is 1. The number of carbonyl (C=O) groups is 1. The second kappa shape index (κ2) is 7.88. The normalized spacial score (nSPS) is 10.8. The van der Waals surface area contributed by atoms with Crippen molar-refractivity contribution in [3.8, 4) is 5.69 Å². The molecule has 0 aliphatic heterocycles. The number of para-hydroxylation sites is 1. The fourth-order valence-electron chi connectivity index (χ4n) is 2.59. The van der Waals surface area contributed by atoms with Gasteiger partial charge in [0, 0.05) is 10.7 Å². The molecule has 2 aromatic carbocycles. The summed E-state index contributed by atoms with van der Waals surface area (Å²) in [5.74, 6) is 0.0495. The van der Waals surface area contributed by atoms with E-state index in [9.17, 15) is 4.79 Å². The number of hydrogen-bond donors (Lipinski definition) is 1. The van der Waals surface area contributed by atoms with Crippen LogP contribution in [0, 0.1) is 20.8 Å². The van der Waals surface area contributed by atoms with Crippen LogP contribution in [0.4, 0.5) is 5.69 Å². The Morgan fingerprint density at radius 1 is 1.15 bits per heavy atom. The summed E-state index contributed by atoms with van der Waals surface area (Å²) in [5.41, 5.74) is 4.73. The van der Waals surface area contributed by atoms with Crippen molar-refractivity contribution < 1.29 is 4.79 Å². The van der Waals surface area contributed by atoms with Gasteiger partial charge in [-0.05, 0) is 60.0 Å². The molecule has 3 aromatic rings. The van der Waals surface area contributed by atoms with E-state index in [1.54, 1.807) is 16.8 Å². The fourth-order valence-corrected chi connectivity index (χ4v) is 3.44. The van der Waals surface area contributed by atoms with Gasteiger partial charge < -0.3 is 5.32 Å². The Hall–Kier alpha value is -2.38. The highest BCUT2D eigenvalue weighted by Gasteiger charge is 2.15. The van der Waals surface area contributed by atoms with E-state index in [-0.39, 0.29) is 11.7 Å². The average molecular weight is 388 g/mol. The molecule has 8 heteroatoms. The Labute approximate surface area is 160 Å². The summed E-state index contributed by atoms with van der Waals surface area (Å²) in [4.78, 5) is 12.3. The Morgan fingerprint density at radius 3 is 2.62 bits per heavy atom. The number of aromatic nitrogens is 4. The van der Waals surface area contributed by atoms with Gasteiger partial charge >= 0.3 is 0 Å². The van der Waals surface area contributed by atoms with Crippen LogP contribution < -0.4 is 5.32 Å². The van der Waals surface area contributed by atoms with Crippen LogP contribution in [-0.2, 0) is 4.79 Å². The largest absolute Gasteiger partial charge is 0.325 e. The van der Waals surface area contributed by atoms with Crippen LogP contribution in [0.25, 0.3) is 5.69 Å². The van der Waals surface area contributed by atoms with Crippen LogP contribution in [0.2, 0.25) is 5.02 Å². The highest BCUT2D eigenvalue weighted by atomic mass is 35.5. The van der Waals surface area contributed by atoms with Crippen LogP contribution in [0.5, 0.6) is 0 Å². The Morgan fingerprint density at radius 2 is 1.88 bits per heavy atom. The van der Waals surface area contributed by atoms with Crippen LogP contribution in [0.15, 0.2) is 41.6 Å². The first-order valence-electron chi connectivity index (χ1n) is 7.99. The quantitative estimate of drug-likeness (QED) is 0.670. The third-order valence-electron chi connectivity index (χ3n) is 3.90. The smallest absolute Gasteiger partial charge is 0.234 e. The van der Waals surface area contributed by atoms with Crippen LogP contribution in [-0.4, -0.2) is 31.9 Å². The number of carbonyl (C=O) groups excluding carboxylic acids is 1. The van der Waals surface area contributed by atoms with Gasteiger partial charge in [0.15, 0.2) is 0 Å². The van der Waals surface area contributed by atoms with E-state index in [1.165, 1.54) is 11.8 Å². The molecule has 0 atom stereocenters. The Bertz CT molecular complexity index is 936. The van der Waals surface area contributed by atoms with Crippen molar-refractivity contribution in [3.63, 3.8) is 0 Å². The zero-order chi connectivity index (χ0) is 18.7. The van der Waals surface area contributed by atoms with Gasteiger partial charge in [-0.15, -0.1) is 5.10 Å². The fraction of sp³-hybridized carbons (Fsp3) is 0.222. The number of anilines is 1. The minimum absolute atomic E-state index is 0.142. The molecule has 1 heterocycles. The second-order valence-corrected chi connectivity index (χ2v) is 7.29. The van der Waals surface area contributed by atoms with Crippen molar-refractivity contribution >= 4 is 35.0 Å². The molecule has 0 aliphatic rings. The number of hydrogen-bond acceptors (Lipinski definition) is 5. The lowest BCUT2D eigenvalue weighted by atomic mass is 10.1. The molecule has 0 saturated heterocycles. The zero-order valence-electron chi connectivity index (χ0n) is 14.7. The molecule has 134 valence electrons. The first-order valence-corrected chi connectivity index (χ1v) is 9.36. The van der Waals surface area contributed by atoms with Gasteiger partial charge in [-0.3, -0.25) is 4.79 Å². The topological polar surface area (TPSA) is 72.7 Å². The molecule has 1 amide bonds. The molecular formula is C18H18ClN5OS. The number of aryl methyl sites for hydroxylation is 3. The van der Waals surface area contributed by atoms with Crippen LogP contribution in [0.1, 0.15) is 16.7 Å². The van der Waals surface area contributed by atoms with Crippen molar-refractivity contribution in [3.05, 3.63) is 58.1 Å². The van der Waals surface area contributed by atoms with Gasteiger partial charge in [0.1, 0.15) is 0 Å². The predicted molar refractivity (Wildman–Crippen MR) is 104 cm³/mol. The molecule has 0 aliphatic carbocycles. The van der Waals surface area contributed by atoms with Gasteiger partial charge in [0.05, 0.1) is 11.4 Å². The number of tetrazole rings is 1. The second-order valence-electron chi connectivity index (χ2n) is 5.91. The summed E-state index contributed by atoms with van der Waals surface area (Å²) in [7, 11) is 0. The number of nitrogens with one attached hydrogen (secondary N) is 1. The molecule has 6 nitrogen and oxygen atoms in total. The Balaban J connectivity index is 1.72. The molecule has 1 N–H and O–H groups in total. The van der Waals surface area contributed by atoms with E-state index in [4.69, 9.17) is 11.6 Å². The standard InChI is InChI=1S/C18H18ClN5OS/c1-11-7-8-14(19)9-15(11)20-16(25)10-26-18-21-22-23-24(18)17-12(2)5-4-6-13(17)3/h4-9H,10H2,1-3H3,(H,20,25). The van der Waals surface area contributed by atoms with Crippen molar-refractivity contribution in [1.82, 2.24) is 20.2 Å². The monoisotopic (exact) mass is 387 g/mol. The van der Waals surface area contributed by atoms with E-state index < -0.39 is 0 Å². The van der Waals surface area contributed by atoms with Gasteiger partial charge in [-0.1, -0.05) is 47.6 Å². The molecule has 0 spiro atoms. The SMILES string of the molecule is Cc1ccc(Cl)cc1NC(=O)CSc1nnnn1-c1c(C)cccc1C. The van der Waals surface area contributed by atoms with Gasteiger partial charge in [-0.25, -0.2) is 0 Å². The summed E-state index contributed by atoms with van der Waals surface area (Å²) in [6.45, 7) is 5.93. The molecule has 3 rings (SSSR count). The zero-order valence-corrected chi connectivity index (χ0v) is 16.2. The maximum Gasteiger partial charge on any atom is 0.234 e. The van der Waals surface area contributed by atoms with Crippen LogP contribution in [0.3, 0.4) is 0 Å². The first-order chi connectivity index (χ1) is 12.5. The molecule has 0 bridgehead atoms. The highest BCUT2D eigenvalue weighted by molar-refractivity contribution is 7.99. The molecule has 0 fully saturated rings.